The van der Waals surface area contributed by atoms with Crippen LogP contribution in [0.4, 0.5) is 0 Å². The van der Waals surface area contributed by atoms with Crippen molar-refractivity contribution >= 4 is 10.2 Å². The highest BCUT2D eigenvalue weighted by molar-refractivity contribution is 7.87. The van der Waals surface area contributed by atoms with E-state index < -0.39 is 10.2 Å². The maximum absolute atomic E-state index is 11.7. The van der Waals surface area contributed by atoms with Crippen LogP contribution in [-0.4, -0.2) is 14.5 Å². The zero-order valence-corrected chi connectivity index (χ0v) is 11.2. The van der Waals surface area contributed by atoms with Crippen LogP contribution in [0.25, 0.3) is 0 Å². The lowest BCUT2D eigenvalue weighted by atomic mass is 10.1. The third-order valence-corrected chi connectivity index (χ3v) is 4.25. The fourth-order valence-corrected chi connectivity index (χ4v) is 3.04. The number of nitrogens with one attached hydrogen (secondary N) is 2. The summed E-state index contributed by atoms with van der Waals surface area (Å²) in [7, 11) is -3.41. The first kappa shape index (κ1) is 13.5. The maximum atomic E-state index is 11.7. The van der Waals surface area contributed by atoms with Gasteiger partial charge in [0.25, 0.3) is 10.2 Å². The van der Waals surface area contributed by atoms with Crippen LogP contribution in [0.5, 0.6) is 0 Å². The molecule has 18 heavy (non-hydrogen) atoms. The monoisotopic (exact) mass is 269 g/mol. The molecule has 0 bridgehead atoms. The van der Waals surface area contributed by atoms with Gasteiger partial charge in [0.15, 0.2) is 0 Å². The predicted molar refractivity (Wildman–Crippen MR) is 71.0 cm³/mol. The van der Waals surface area contributed by atoms with Crippen molar-refractivity contribution in [1.29, 1.82) is 0 Å². The molecule has 0 heterocycles. The lowest BCUT2D eigenvalue weighted by Gasteiger charge is -2.15. The van der Waals surface area contributed by atoms with Gasteiger partial charge in [0.2, 0.25) is 0 Å². The van der Waals surface area contributed by atoms with Crippen LogP contribution in [0, 0.1) is 0 Å². The van der Waals surface area contributed by atoms with Crippen LogP contribution < -0.4 is 15.2 Å². The first-order valence-corrected chi connectivity index (χ1v) is 7.57. The third kappa shape index (κ3) is 3.78. The Hall–Kier alpha value is -0.950. The van der Waals surface area contributed by atoms with E-state index in [1.54, 1.807) is 0 Å². The second-order valence-corrected chi connectivity index (χ2v) is 6.16. The smallest absolute Gasteiger partial charge is 0.277 e. The number of hydrogen-bond donors (Lipinski definition) is 3. The fraction of sp³-hybridized carbons (Fsp3) is 0.500. The molecule has 0 amide bonds. The zero-order chi connectivity index (χ0) is 13.2. The summed E-state index contributed by atoms with van der Waals surface area (Å²) in [6, 6.07) is 7.48. The number of hydrogen-bond acceptors (Lipinski definition) is 3. The molecule has 0 radical (unpaired) electrons. The highest BCUT2D eigenvalue weighted by atomic mass is 32.2. The van der Waals surface area contributed by atoms with Gasteiger partial charge in [-0.3, -0.25) is 0 Å². The summed E-state index contributed by atoms with van der Waals surface area (Å²) < 4.78 is 28.7. The van der Waals surface area contributed by atoms with Gasteiger partial charge in [-0.05, 0) is 30.9 Å². The molecule has 0 spiro atoms. The van der Waals surface area contributed by atoms with Gasteiger partial charge < -0.3 is 5.73 Å². The van der Waals surface area contributed by atoms with Gasteiger partial charge in [0, 0.05) is 18.6 Å². The standard InChI is InChI=1S/C12H19N3O2S/c1-9(11-4-2-10(8-13)3-5-11)14-18(16,17)15-12-6-7-12/h2-5,9,12,14-15H,6-8,13H2,1H3. The molecule has 1 saturated carbocycles. The molecule has 1 aliphatic rings. The summed E-state index contributed by atoms with van der Waals surface area (Å²) in [5.41, 5.74) is 7.47. The van der Waals surface area contributed by atoms with Crippen LogP contribution in [0.15, 0.2) is 24.3 Å². The summed E-state index contributed by atoms with van der Waals surface area (Å²) in [5.74, 6) is 0. The van der Waals surface area contributed by atoms with Gasteiger partial charge in [-0.1, -0.05) is 24.3 Å². The van der Waals surface area contributed by atoms with Crippen molar-refractivity contribution in [3.8, 4) is 0 Å². The number of nitrogens with two attached hydrogens (primary N) is 1. The van der Waals surface area contributed by atoms with Crippen LogP contribution in [0.1, 0.15) is 36.9 Å². The molecular weight excluding hydrogens is 250 g/mol. The van der Waals surface area contributed by atoms with Crippen molar-refractivity contribution in [2.24, 2.45) is 5.73 Å². The van der Waals surface area contributed by atoms with Crippen LogP contribution in [0.3, 0.4) is 0 Å². The Morgan fingerprint density at radius 1 is 1.33 bits per heavy atom. The van der Waals surface area contributed by atoms with E-state index in [-0.39, 0.29) is 12.1 Å². The quantitative estimate of drug-likeness (QED) is 0.714. The molecule has 100 valence electrons. The van der Waals surface area contributed by atoms with E-state index in [1.807, 2.05) is 31.2 Å². The molecule has 2 rings (SSSR count). The molecule has 5 nitrogen and oxygen atoms in total. The third-order valence-electron chi connectivity index (χ3n) is 2.95. The summed E-state index contributed by atoms with van der Waals surface area (Å²) in [5, 5.41) is 0. The molecule has 0 saturated heterocycles. The van der Waals surface area contributed by atoms with Crippen molar-refractivity contribution in [1.82, 2.24) is 9.44 Å². The predicted octanol–water partition coefficient (Wildman–Crippen LogP) is 0.793. The van der Waals surface area contributed by atoms with Crippen molar-refractivity contribution in [3.63, 3.8) is 0 Å². The minimum absolute atomic E-state index is 0.120. The summed E-state index contributed by atoms with van der Waals surface area (Å²) in [6.07, 6.45) is 1.86. The average Bonchev–Trinajstić information content (AvgIpc) is 3.11. The molecule has 1 fully saturated rings. The van der Waals surface area contributed by atoms with E-state index >= 15 is 0 Å². The number of benzene rings is 1. The van der Waals surface area contributed by atoms with E-state index in [0.29, 0.717) is 6.54 Å². The van der Waals surface area contributed by atoms with Gasteiger partial charge in [-0.25, -0.2) is 0 Å². The minimum Gasteiger partial charge on any atom is -0.326 e. The number of rotatable bonds is 6. The Kier molecular flexibility index (Phi) is 4.01. The Bertz CT molecular complexity index is 495. The topological polar surface area (TPSA) is 84.2 Å². The maximum Gasteiger partial charge on any atom is 0.277 e. The molecule has 1 atom stereocenters. The first-order valence-electron chi connectivity index (χ1n) is 6.08. The SMILES string of the molecule is CC(NS(=O)(=O)NC1CC1)c1ccc(CN)cc1. The van der Waals surface area contributed by atoms with Crippen molar-refractivity contribution in [2.45, 2.75) is 38.4 Å². The van der Waals surface area contributed by atoms with Crippen LogP contribution in [-0.2, 0) is 16.8 Å². The Labute approximate surface area is 108 Å². The molecule has 0 aromatic heterocycles. The van der Waals surface area contributed by atoms with E-state index in [9.17, 15) is 8.42 Å². The molecule has 4 N–H and O–H groups in total. The van der Waals surface area contributed by atoms with Crippen LogP contribution >= 0.6 is 0 Å². The second-order valence-electron chi connectivity index (χ2n) is 4.68. The zero-order valence-electron chi connectivity index (χ0n) is 10.4. The molecule has 1 aromatic carbocycles. The van der Waals surface area contributed by atoms with Gasteiger partial charge in [0.1, 0.15) is 0 Å². The van der Waals surface area contributed by atoms with E-state index in [0.717, 1.165) is 24.0 Å². The molecule has 1 unspecified atom stereocenters. The van der Waals surface area contributed by atoms with Gasteiger partial charge in [0.05, 0.1) is 0 Å². The molecule has 1 aromatic rings. The van der Waals surface area contributed by atoms with Crippen molar-refractivity contribution in [3.05, 3.63) is 35.4 Å². The van der Waals surface area contributed by atoms with E-state index in [4.69, 9.17) is 5.73 Å². The van der Waals surface area contributed by atoms with Gasteiger partial charge in [-0.2, -0.15) is 17.9 Å². The van der Waals surface area contributed by atoms with Crippen LogP contribution in [0.2, 0.25) is 0 Å². The van der Waals surface area contributed by atoms with E-state index in [2.05, 4.69) is 9.44 Å². The Morgan fingerprint density at radius 3 is 2.44 bits per heavy atom. The fourth-order valence-electron chi connectivity index (χ4n) is 1.70. The molecule has 6 heteroatoms. The summed E-state index contributed by atoms with van der Waals surface area (Å²) >= 11 is 0. The summed E-state index contributed by atoms with van der Waals surface area (Å²) in [6.45, 7) is 2.31. The normalized spacial score (nSPS) is 17.7. The lowest BCUT2D eigenvalue weighted by Crippen LogP contribution is -2.39. The lowest BCUT2D eigenvalue weighted by molar-refractivity contribution is 0.551. The second kappa shape index (κ2) is 5.36. The molecule has 0 aliphatic heterocycles. The highest BCUT2D eigenvalue weighted by Gasteiger charge is 2.27. The largest absolute Gasteiger partial charge is 0.326 e. The average molecular weight is 269 g/mol. The Morgan fingerprint density at radius 2 is 1.94 bits per heavy atom. The minimum atomic E-state index is -3.41. The van der Waals surface area contributed by atoms with Gasteiger partial charge >= 0.3 is 0 Å². The van der Waals surface area contributed by atoms with Crippen molar-refractivity contribution in [2.75, 3.05) is 0 Å². The van der Waals surface area contributed by atoms with E-state index in [1.165, 1.54) is 0 Å². The Balaban J connectivity index is 1.99. The summed E-state index contributed by atoms with van der Waals surface area (Å²) in [4.78, 5) is 0. The molecule has 1 aliphatic carbocycles. The van der Waals surface area contributed by atoms with Gasteiger partial charge in [-0.15, -0.1) is 0 Å². The first-order chi connectivity index (χ1) is 8.50. The van der Waals surface area contributed by atoms with Crippen molar-refractivity contribution < 1.29 is 8.42 Å². The highest BCUT2D eigenvalue weighted by Crippen LogP contribution is 2.20. The molecular formula is C12H19N3O2S.